The van der Waals surface area contributed by atoms with Gasteiger partial charge in [0.05, 0.1) is 27.9 Å². The molecule has 0 aliphatic heterocycles. The van der Waals surface area contributed by atoms with Gasteiger partial charge in [-0.05, 0) is 26.0 Å². The van der Waals surface area contributed by atoms with Crippen LogP contribution in [0.25, 0.3) is 0 Å². The van der Waals surface area contributed by atoms with Crippen LogP contribution in [0.5, 0.6) is 0 Å². The number of nitrogen functional groups attached to an aromatic ring is 1. The molecule has 4 nitrogen and oxygen atoms in total. The van der Waals surface area contributed by atoms with Gasteiger partial charge in [-0.1, -0.05) is 0 Å². The van der Waals surface area contributed by atoms with E-state index in [9.17, 15) is 8.42 Å². The molecule has 0 aliphatic rings. The maximum Gasteiger partial charge on any atom is 0.153 e. The summed E-state index contributed by atoms with van der Waals surface area (Å²) in [5.74, 6) is 0.707. The van der Waals surface area contributed by atoms with Crippen molar-refractivity contribution in [2.24, 2.45) is 0 Å². The third-order valence-corrected chi connectivity index (χ3v) is 5.51. The van der Waals surface area contributed by atoms with Gasteiger partial charge in [-0.15, -0.1) is 11.8 Å². The number of rotatable bonds is 5. The van der Waals surface area contributed by atoms with Gasteiger partial charge in [0, 0.05) is 5.75 Å². The fraction of sp³-hybridized carbons (Fsp3) is 0.500. The molecular weight excluding hydrogens is 244 g/mol. The highest BCUT2D eigenvalue weighted by Gasteiger charge is 2.15. The van der Waals surface area contributed by atoms with Gasteiger partial charge in [0.25, 0.3) is 0 Å². The first-order chi connectivity index (χ1) is 7.42. The molecule has 0 saturated heterocycles. The molecule has 0 radical (unpaired) electrons. The van der Waals surface area contributed by atoms with Gasteiger partial charge in [-0.3, -0.25) is 0 Å². The molecule has 1 heterocycles. The van der Waals surface area contributed by atoms with Gasteiger partial charge in [0.2, 0.25) is 0 Å². The highest BCUT2D eigenvalue weighted by atomic mass is 32.2. The topological polar surface area (TPSA) is 73.0 Å². The first-order valence-electron chi connectivity index (χ1n) is 4.98. The third-order valence-electron chi connectivity index (χ3n) is 2.10. The molecule has 0 bridgehead atoms. The molecule has 0 spiro atoms. The zero-order valence-electron chi connectivity index (χ0n) is 9.38. The summed E-state index contributed by atoms with van der Waals surface area (Å²) < 4.78 is 23.0. The van der Waals surface area contributed by atoms with Gasteiger partial charge >= 0.3 is 0 Å². The van der Waals surface area contributed by atoms with E-state index in [0.29, 0.717) is 11.4 Å². The van der Waals surface area contributed by atoms with Gasteiger partial charge < -0.3 is 5.73 Å². The number of anilines is 1. The highest BCUT2D eigenvalue weighted by Crippen LogP contribution is 2.16. The number of sulfone groups is 1. The van der Waals surface area contributed by atoms with Crippen LogP contribution in [0.3, 0.4) is 0 Å². The van der Waals surface area contributed by atoms with E-state index in [1.165, 1.54) is 11.8 Å². The normalized spacial score (nSPS) is 11.9. The van der Waals surface area contributed by atoms with E-state index >= 15 is 0 Å². The fourth-order valence-corrected chi connectivity index (χ4v) is 3.21. The molecule has 90 valence electrons. The van der Waals surface area contributed by atoms with Crippen LogP contribution in [0.2, 0.25) is 0 Å². The van der Waals surface area contributed by atoms with E-state index in [1.807, 2.05) is 0 Å². The smallest absolute Gasteiger partial charge is 0.153 e. The maximum absolute atomic E-state index is 11.5. The molecule has 0 atom stereocenters. The summed E-state index contributed by atoms with van der Waals surface area (Å²) in [6.07, 6.45) is 1.57. The summed E-state index contributed by atoms with van der Waals surface area (Å²) in [4.78, 5) is 4.09. The van der Waals surface area contributed by atoms with Crippen molar-refractivity contribution in [1.29, 1.82) is 0 Å². The molecular formula is C10H16N2O2S2. The molecule has 0 aliphatic carbocycles. The van der Waals surface area contributed by atoms with Crippen molar-refractivity contribution in [3.63, 3.8) is 0 Å². The summed E-state index contributed by atoms with van der Waals surface area (Å²) in [5, 5.41) is 0.487. The minimum absolute atomic E-state index is 0.182. The molecule has 16 heavy (non-hydrogen) atoms. The van der Waals surface area contributed by atoms with Crippen molar-refractivity contribution in [2.45, 2.75) is 24.1 Å². The second kappa shape index (κ2) is 5.54. The second-order valence-corrected chi connectivity index (χ2v) is 7.49. The lowest BCUT2D eigenvalue weighted by Gasteiger charge is -2.06. The summed E-state index contributed by atoms with van der Waals surface area (Å²) in [6.45, 7) is 3.39. The Bertz CT molecular complexity index is 427. The number of pyridine rings is 1. The largest absolute Gasteiger partial charge is 0.397 e. The lowest BCUT2D eigenvalue weighted by molar-refractivity contribution is 0.589. The van der Waals surface area contributed by atoms with Crippen molar-refractivity contribution in [3.8, 4) is 0 Å². The van der Waals surface area contributed by atoms with E-state index in [4.69, 9.17) is 5.73 Å². The Morgan fingerprint density at radius 3 is 2.62 bits per heavy atom. The molecule has 1 rings (SSSR count). The summed E-state index contributed by atoms with van der Waals surface area (Å²) in [7, 11) is -2.95. The average Bonchev–Trinajstić information content (AvgIpc) is 2.20. The van der Waals surface area contributed by atoms with Crippen LogP contribution in [0, 0.1) is 0 Å². The summed E-state index contributed by atoms with van der Waals surface area (Å²) in [5.41, 5.74) is 6.11. The van der Waals surface area contributed by atoms with Gasteiger partial charge in [0.1, 0.15) is 0 Å². The van der Waals surface area contributed by atoms with E-state index < -0.39 is 9.84 Å². The van der Waals surface area contributed by atoms with Gasteiger partial charge in [-0.25, -0.2) is 13.4 Å². The lowest BCUT2D eigenvalue weighted by atomic mass is 10.4. The Hall–Kier alpha value is -0.750. The Morgan fingerprint density at radius 1 is 1.44 bits per heavy atom. The van der Waals surface area contributed by atoms with Crippen LogP contribution < -0.4 is 5.73 Å². The van der Waals surface area contributed by atoms with Crippen LogP contribution in [0.1, 0.15) is 13.8 Å². The highest BCUT2D eigenvalue weighted by molar-refractivity contribution is 8.00. The molecule has 1 aromatic rings. The Kier molecular flexibility index (Phi) is 4.61. The number of hydrogen-bond acceptors (Lipinski definition) is 5. The minimum atomic E-state index is -2.95. The zero-order chi connectivity index (χ0) is 12.2. The molecule has 0 aromatic carbocycles. The Labute approximate surface area is 101 Å². The number of thioether (sulfide) groups is 1. The van der Waals surface area contributed by atoms with Crippen LogP contribution in [-0.4, -0.2) is 30.2 Å². The number of aromatic nitrogens is 1. The SMILES string of the molecule is CC(C)S(=O)(=O)CCSc1ccc(N)cn1. The standard InChI is InChI=1S/C10H16N2O2S2/c1-8(2)16(13,14)6-5-15-10-4-3-9(11)7-12-10/h3-4,7-8H,5-6,11H2,1-2H3. The minimum Gasteiger partial charge on any atom is -0.397 e. The Morgan fingerprint density at radius 2 is 2.12 bits per heavy atom. The van der Waals surface area contributed by atoms with Gasteiger partial charge in [-0.2, -0.15) is 0 Å². The van der Waals surface area contributed by atoms with Crippen molar-refractivity contribution < 1.29 is 8.42 Å². The molecule has 2 N–H and O–H groups in total. The number of nitrogens with zero attached hydrogens (tertiary/aromatic N) is 1. The summed E-state index contributed by atoms with van der Waals surface area (Å²) in [6, 6.07) is 3.55. The fourth-order valence-electron chi connectivity index (χ4n) is 0.975. The predicted molar refractivity (Wildman–Crippen MR) is 68.3 cm³/mol. The zero-order valence-corrected chi connectivity index (χ0v) is 11.0. The van der Waals surface area contributed by atoms with Crippen LogP contribution in [-0.2, 0) is 9.84 Å². The molecule has 0 fully saturated rings. The van der Waals surface area contributed by atoms with E-state index in [-0.39, 0.29) is 11.0 Å². The molecule has 6 heteroatoms. The number of nitrogens with two attached hydrogens (primary N) is 1. The van der Waals surface area contributed by atoms with E-state index in [0.717, 1.165) is 5.03 Å². The first-order valence-corrected chi connectivity index (χ1v) is 7.68. The van der Waals surface area contributed by atoms with Crippen LogP contribution >= 0.6 is 11.8 Å². The van der Waals surface area contributed by atoms with E-state index in [1.54, 1.807) is 32.2 Å². The van der Waals surface area contributed by atoms with Gasteiger partial charge in [0.15, 0.2) is 9.84 Å². The molecule has 0 saturated carbocycles. The van der Waals surface area contributed by atoms with Crippen LogP contribution in [0.15, 0.2) is 23.4 Å². The second-order valence-electron chi connectivity index (χ2n) is 3.69. The Balaban J connectivity index is 2.45. The third kappa shape index (κ3) is 4.02. The van der Waals surface area contributed by atoms with Crippen molar-refractivity contribution in [2.75, 3.05) is 17.2 Å². The molecule has 0 amide bonds. The maximum atomic E-state index is 11.5. The monoisotopic (exact) mass is 260 g/mol. The average molecular weight is 260 g/mol. The van der Waals surface area contributed by atoms with Crippen molar-refractivity contribution in [1.82, 2.24) is 4.98 Å². The van der Waals surface area contributed by atoms with E-state index in [2.05, 4.69) is 4.98 Å². The quantitative estimate of drug-likeness (QED) is 0.814. The predicted octanol–water partition coefficient (Wildman–Crippen LogP) is 1.58. The lowest BCUT2D eigenvalue weighted by Crippen LogP contribution is -2.18. The van der Waals surface area contributed by atoms with Crippen LogP contribution in [0.4, 0.5) is 5.69 Å². The first kappa shape index (κ1) is 13.3. The molecule has 0 unspecified atom stereocenters. The van der Waals surface area contributed by atoms with Crippen molar-refractivity contribution >= 4 is 27.3 Å². The summed E-state index contributed by atoms with van der Waals surface area (Å²) >= 11 is 1.43. The number of hydrogen-bond donors (Lipinski definition) is 1. The molecule has 1 aromatic heterocycles. The van der Waals surface area contributed by atoms with Crippen molar-refractivity contribution in [3.05, 3.63) is 18.3 Å².